The van der Waals surface area contributed by atoms with Crippen LogP contribution >= 0.6 is 0 Å². The monoisotopic (exact) mass is 243 g/mol. The highest BCUT2D eigenvalue weighted by molar-refractivity contribution is 6.52. The van der Waals surface area contributed by atoms with Crippen molar-refractivity contribution in [1.82, 2.24) is 10.3 Å². The highest BCUT2D eigenvalue weighted by Crippen LogP contribution is 2.08. The predicted octanol–water partition coefficient (Wildman–Crippen LogP) is 2.94. The maximum absolute atomic E-state index is 3.31. The average Bonchev–Trinajstić information content (AvgIpc) is 2.74. The molecule has 0 aliphatic carbocycles. The summed E-state index contributed by atoms with van der Waals surface area (Å²) in [5.41, 5.74) is 2.47. The van der Waals surface area contributed by atoms with Gasteiger partial charge in [-0.3, -0.25) is 0 Å². The zero-order chi connectivity index (χ0) is 13.5. The van der Waals surface area contributed by atoms with Crippen molar-refractivity contribution in [3.63, 3.8) is 0 Å². The molecule has 2 rings (SSSR count). The second-order valence-electron chi connectivity index (χ2n) is 5.09. The molecule has 2 N–H and O–H groups in total. The van der Waals surface area contributed by atoms with Gasteiger partial charge in [-0.05, 0) is 17.5 Å². The number of H-pyrrole nitrogens is 1. The number of hydrogen-bond acceptors (Lipinski definition) is 1. The number of fused-ring (bicyclic) bond motifs is 1. The number of aromatic nitrogens is 1. The van der Waals surface area contributed by atoms with E-state index >= 15 is 0 Å². The van der Waals surface area contributed by atoms with Gasteiger partial charge < -0.3 is 10.3 Å². The van der Waals surface area contributed by atoms with Crippen molar-refractivity contribution in [2.24, 2.45) is 0 Å². The van der Waals surface area contributed by atoms with Gasteiger partial charge in [-0.1, -0.05) is 52.1 Å². The summed E-state index contributed by atoms with van der Waals surface area (Å²) in [7, 11) is 2.10. The Morgan fingerprint density at radius 2 is 1.72 bits per heavy atom. The Kier molecular flexibility index (Phi) is 6.00. The SMILES string of the molecule is CC(C)NC(C)C.C[B]c1ccc2cc[nH]c2c1. The standard InChI is InChI=1S/C9H9BN.C6H15N/c1-10-8-3-2-7-4-5-11-9(7)6-8;1-5(2)7-6(3)4/h2-6,11H,1H3;5-7H,1-4H3. The molecule has 0 amide bonds. The number of aromatic amines is 1. The average molecular weight is 243 g/mol. The summed E-state index contributed by atoms with van der Waals surface area (Å²) in [6.07, 6.45) is 1.96. The van der Waals surface area contributed by atoms with Gasteiger partial charge in [0.1, 0.15) is 7.28 Å². The van der Waals surface area contributed by atoms with Crippen LogP contribution in [0.4, 0.5) is 0 Å². The van der Waals surface area contributed by atoms with E-state index in [-0.39, 0.29) is 0 Å². The van der Waals surface area contributed by atoms with E-state index in [9.17, 15) is 0 Å². The topological polar surface area (TPSA) is 27.8 Å². The van der Waals surface area contributed by atoms with E-state index < -0.39 is 0 Å². The molecule has 3 heteroatoms. The molecule has 1 aromatic heterocycles. The minimum atomic E-state index is 0.625. The second-order valence-corrected chi connectivity index (χ2v) is 5.09. The fraction of sp³-hybridized carbons (Fsp3) is 0.467. The minimum Gasteiger partial charge on any atom is -0.361 e. The normalized spacial score (nSPS) is 10.6. The smallest absolute Gasteiger partial charge is 0.148 e. The number of nitrogens with one attached hydrogen (secondary N) is 2. The van der Waals surface area contributed by atoms with Gasteiger partial charge in [0.05, 0.1) is 0 Å². The van der Waals surface area contributed by atoms with Crippen LogP contribution in [0.5, 0.6) is 0 Å². The van der Waals surface area contributed by atoms with Gasteiger partial charge in [0, 0.05) is 23.8 Å². The van der Waals surface area contributed by atoms with Gasteiger partial charge in [0.25, 0.3) is 0 Å². The van der Waals surface area contributed by atoms with Gasteiger partial charge >= 0.3 is 0 Å². The Labute approximate surface area is 111 Å². The van der Waals surface area contributed by atoms with E-state index in [0.29, 0.717) is 12.1 Å². The molecular weight excluding hydrogens is 219 g/mol. The van der Waals surface area contributed by atoms with Gasteiger partial charge in [0.2, 0.25) is 0 Å². The molecule has 2 aromatic rings. The fourth-order valence-electron chi connectivity index (χ4n) is 1.91. The number of rotatable bonds is 3. The van der Waals surface area contributed by atoms with Crippen LogP contribution in [0.2, 0.25) is 6.82 Å². The molecule has 1 heterocycles. The summed E-state index contributed by atoms with van der Waals surface area (Å²) in [5, 5.41) is 4.58. The summed E-state index contributed by atoms with van der Waals surface area (Å²) in [5.74, 6) is 0. The summed E-state index contributed by atoms with van der Waals surface area (Å²) in [6, 6.07) is 9.72. The van der Waals surface area contributed by atoms with E-state index in [1.807, 2.05) is 13.0 Å². The van der Waals surface area contributed by atoms with Crippen LogP contribution < -0.4 is 10.8 Å². The van der Waals surface area contributed by atoms with Crippen LogP contribution in [-0.4, -0.2) is 24.3 Å². The third kappa shape index (κ3) is 4.97. The second kappa shape index (κ2) is 7.27. The molecule has 1 radical (unpaired) electrons. The van der Waals surface area contributed by atoms with Crippen molar-refractivity contribution < 1.29 is 0 Å². The Hall–Kier alpha value is -1.22. The fourth-order valence-corrected chi connectivity index (χ4v) is 1.91. The van der Waals surface area contributed by atoms with Crippen molar-refractivity contribution in [2.45, 2.75) is 46.6 Å². The van der Waals surface area contributed by atoms with Crippen molar-refractivity contribution >= 4 is 23.6 Å². The molecule has 0 fully saturated rings. The van der Waals surface area contributed by atoms with Crippen LogP contribution in [0.1, 0.15) is 27.7 Å². The van der Waals surface area contributed by atoms with Gasteiger partial charge in [-0.2, -0.15) is 0 Å². The first-order valence-corrected chi connectivity index (χ1v) is 6.65. The van der Waals surface area contributed by atoms with Crippen molar-refractivity contribution in [2.75, 3.05) is 0 Å². The highest BCUT2D eigenvalue weighted by Gasteiger charge is 1.94. The lowest BCUT2D eigenvalue weighted by atomic mass is 9.73. The molecule has 0 atom stereocenters. The van der Waals surface area contributed by atoms with E-state index in [1.54, 1.807) is 0 Å². The molecule has 0 saturated carbocycles. The maximum atomic E-state index is 3.31. The Balaban J connectivity index is 0.000000203. The van der Waals surface area contributed by atoms with Crippen LogP contribution in [0.3, 0.4) is 0 Å². The Morgan fingerprint density at radius 1 is 1.06 bits per heavy atom. The Morgan fingerprint density at radius 3 is 2.22 bits per heavy atom. The van der Waals surface area contributed by atoms with Gasteiger partial charge in [-0.25, -0.2) is 0 Å². The van der Waals surface area contributed by atoms with E-state index in [0.717, 1.165) is 0 Å². The molecule has 0 saturated heterocycles. The van der Waals surface area contributed by atoms with E-state index in [4.69, 9.17) is 0 Å². The lowest BCUT2D eigenvalue weighted by molar-refractivity contribution is 0.518. The predicted molar refractivity (Wildman–Crippen MR) is 83.0 cm³/mol. The summed E-state index contributed by atoms with van der Waals surface area (Å²) >= 11 is 0. The van der Waals surface area contributed by atoms with Crippen molar-refractivity contribution in [1.29, 1.82) is 0 Å². The molecule has 0 aliphatic rings. The molecule has 18 heavy (non-hydrogen) atoms. The molecule has 0 spiro atoms. The summed E-state index contributed by atoms with van der Waals surface area (Å²) in [6.45, 7) is 10.7. The third-order valence-corrected chi connectivity index (χ3v) is 2.58. The largest absolute Gasteiger partial charge is 0.361 e. The van der Waals surface area contributed by atoms with Crippen molar-refractivity contribution in [3.8, 4) is 0 Å². The van der Waals surface area contributed by atoms with Crippen LogP contribution in [0.25, 0.3) is 10.9 Å². The summed E-state index contributed by atoms with van der Waals surface area (Å²) in [4.78, 5) is 3.17. The van der Waals surface area contributed by atoms with Gasteiger partial charge in [0.15, 0.2) is 0 Å². The molecule has 0 unspecified atom stereocenters. The van der Waals surface area contributed by atoms with Crippen LogP contribution in [0.15, 0.2) is 30.5 Å². The van der Waals surface area contributed by atoms with Crippen LogP contribution in [0, 0.1) is 0 Å². The number of benzene rings is 1. The molecule has 0 bridgehead atoms. The minimum absolute atomic E-state index is 0.625. The maximum Gasteiger partial charge on any atom is 0.148 e. The Bertz CT molecular complexity index is 454. The molecule has 1 aromatic carbocycles. The zero-order valence-corrected chi connectivity index (χ0v) is 12.1. The lowest BCUT2D eigenvalue weighted by Gasteiger charge is -2.10. The molecule has 2 nitrogen and oxygen atoms in total. The first-order valence-electron chi connectivity index (χ1n) is 6.65. The van der Waals surface area contributed by atoms with Crippen molar-refractivity contribution in [3.05, 3.63) is 30.5 Å². The molecule has 97 valence electrons. The van der Waals surface area contributed by atoms with Crippen LogP contribution in [-0.2, 0) is 0 Å². The third-order valence-electron chi connectivity index (χ3n) is 2.58. The zero-order valence-electron chi connectivity index (χ0n) is 12.1. The van der Waals surface area contributed by atoms with E-state index in [1.165, 1.54) is 16.4 Å². The quantitative estimate of drug-likeness (QED) is 0.797. The first-order chi connectivity index (χ1) is 8.52. The number of hydrogen-bond donors (Lipinski definition) is 2. The highest BCUT2D eigenvalue weighted by atomic mass is 14.9. The first kappa shape index (κ1) is 14.8. The van der Waals surface area contributed by atoms with E-state index in [2.05, 4.69) is 69.5 Å². The van der Waals surface area contributed by atoms with Gasteiger partial charge in [-0.15, -0.1) is 0 Å². The summed E-state index contributed by atoms with van der Waals surface area (Å²) < 4.78 is 0. The molecular formula is C15H24BN2. The molecule has 0 aliphatic heterocycles. The lowest BCUT2D eigenvalue weighted by Crippen LogP contribution is -2.29.